The highest BCUT2D eigenvalue weighted by Gasteiger charge is 2.35. The van der Waals surface area contributed by atoms with Crippen molar-refractivity contribution in [3.63, 3.8) is 0 Å². The molecule has 1 amide bonds. The van der Waals surface area contributed by atoms with E-state index in [1.807, 2.05) is 23.1 Å². The number of amides is 1. The molecule has 2 aromatic carbocycles. The largest absolute Gasteiger partial charge is 0.463 e. The molecule has 1 aliphatic carbocycles. The van der Waals surface area contributed by atoms with Gasteiger partial charge in [0, 0.05) is 45.4 Å². The number of hydrogen-bond donors (Lipinski definition) is 3. The molecule has 1 saturated heterocycles. The van der Waals surface area contributed by atoms with Crippen LogP contribution in [0.1, 0.15) is 75.9 Å². The first kappa shape index (κ1) is 31.0. The van der Waals surface area contributed by atoms with Crippen LogP contribution in [0.2, 0.25) is 0 Å². The lowest BCUT2D eigenvalue weighted by atomic mass is 9.84. The molecule has 10 heteroatoms. The molecule has 10 nitrogen and oxygen atoms in total. The number of nitrogens with zero attached hydrogens (tertiary/aromatic N) is 2. The lowest BCUT2D eigenvalue weighted by molar-refractivity contribution is -0.0651. The average Bonchev–Trinajstić information content (AvgIpc) is 3.00. The van der Waals surface area contributed by atoms with Crippen molar-refractivity contribution in [1.82, 2.24) is 5.06 Å². The Balaban J connectivity index is 1.49. The summed E-state index contributed by atoms with van der Waals surface area (Å²) in [7, 11) is 1.68. The molecule has 226 valence electrons. The predicted octanol–water partition coefficient (Wildman–Crippen LogP) is 4.80. The van der Waals surface area contributed by atoms with E-state index in [2.05, 4.69) is 17.4 Å². The maximum absolute atomic E-state index is 12.9. The summed E-state index contributed by atoms with van der Waals surface area (Å²) in [5.74, 6) is 0.608. The molecular weight excluding hydrogens is 526 g/mol. The van der Waals surface area contributed by atoms with Gasteiger partial charge in [0.25, 0.3) is 10.9 Å². The molecule has 3 atom stereocenters. The van der Waals surface area contributed by atoms with Gasteiger partial charge in [-0.15, -0.1) is 0 Å². The van der Waals surface area contributed by atoms with Gasteiger partial charge < -0.3 is 24.8 Å². The Kier molecular flexibility index (Phi) is 11.6. The highest BCUT2D eigenvalue weighted by atomic mass is 16.6. The molecule has 0 radical (unpaired) electrons. The van der Waals surface area contributed by atoms with Crippen LogP contribution in [0.5, 0.6) is 0 Å². The van der Waals surface area contributed by atoms with Gasteiger partial charge in [-0.3, -0.25) is 14.8 Å². The van der Waals surface area contributed by atoms with Crippen LogP contribution in [-0.2, 0) is 9.47 Å². The Morgan fingerprint density at radius 3 is 2.54 bits per heavy atom. The summed E-state index contributed by atoms with van der Waals surface area (Å²) in [4.78, 5) is 39.0. The molecular formula is C31H45N3O7. The summed E-state index contributed by atoms with van der Waals surface area (Å²) in [6.07, 6.45) is 7.90. The Labute approximate surface area is 241 Å². The van der Waals surface area contributed by atoms with E-state index in [1.165, 1.54) is 6.42 Å². The highest BCUT2D eigenvalue weighted by Crippen LogP contribution is 2.36. The Hall–Kier alpha value is -2.95. The maximum atomic E-state index is 12.9. The number of piperidine rings is 1. The van der Waals surface area contributed by atoms with Gasteiger partial charge in [-0.2, -0.15) is 5.06 Å². The van der Waals surface area contributed by atoms with Gasteiger partial charge in [0.15, 0.2) is 0 Å². The first-order chi connectivity index (χ1) is 19.9. The molecule has 4 rings (SSSR count). The Morgan fingerprint density at radius 2 is 1.83 bits per heavy atom. The monoisotopic (exact) mass is 571 g/mol. The summed E-state index contributed by atoms with van der Waals surface area (Å²) in [5.41, 5.74) is 0.855. The van der Waals surface area contributed by atoms with E-state index in [4.69, 9.17) is 14.6 Å². The quantitative estimate of drug-likeness (QED) is 0.119. The summed E-state index contributed by atoms with van der Waals surface area (Å²) in [5, 5.41) is 22.5. The number of rotatable bonds is 15. The Morgan fingerprint density at radius 1 is 1.07 bits per heavy atom. The fraction of sp³-hybridized carbons (Fsp3) is 0.645. The zero-order valence-electron chi connectivity index (χ0n) is 24.1. The number of anilines is 2. The second-order valence-corrected chi connectivity index (χ2v) is 11.6. The number of ether oxygens (including phenoxy) is 2. The zero-order chi connectivity index (χ0) is 29.2. The number of carboxylic acid groups (broad SMARTS) is 1. The summed E-state index contributed by atoms with van der Waals surface area (Å²) < 4.78 is 11.6. The fourth-order valence-electron chi connectivity index (χ4n) is 6.49. The number of carbonyl (C=O) groups is 1. The Bertz CT molecular complexity index is 1160. The van der Waals surface area contributed by atoms with E-state index in [0.717, 1.165) is 56.9 Å². The molecule has 0 bridgehead atoms. The maximum Gasteiger partial charge on any atom is 0.431 e. The summed E-state index contributed by atoms with van der Waals surface area (Å²) >= 11 is 0. The van der Waals surface area contributed by atoms with Crippen LogP contribution in [0.3, 0.4) is 0 Å². The van der Waals surface area contributed by atoms with Gasteiger partial charge in [0.2, 0.25) is 0 Å². The van der Waals surface area contributed by atoms with Crippen LogP contribution in [-0.4, -0.2) is 67.5 Å². The third kappa shape index (κ3) is 8.30. The second-order valence-electron chi connectivity index (χ2n) is 11.6. The van der Waals surface area contributed by atoms with Gasteiger partial charge in [-0.05, 0) is 43.6 Å². The molecule has 2 aliphatic rings. The van der Waals surface area contributed by atoms with Crippen molar-refractivity contribution in [2.45, 2.75) is 76.4 Å². The van der Waals surface area contributed by atoms with Crippen molar-refractivity contribution >= 4 is 17.5 Å². The molecule has 3 N–H and O–H groups in total. The number of benzene rings is 1. The second kappa shape index (κ2) is 15.3. The van der Waals surface area contributed by atoms with E-state index in [0.29, 0.717) is 50.0 Å². The normalized spacial score (nSPS) is 19.7. The van der Waals surface area contributed by atoms with Gasteiger partial charge in [0.1, 0.15) is 11.4 Å². The van der Waals surface area contributed by atoms with Crippen molar-refractivity contribution in [2.24, 2.45) is 11.8 Å². The first-order valence-electron chi connectivity index (χ1n) is 15.1. The number of methoxy groups -OCH3 is 1. The first-order valence-corrected chi connectivity index (χ1v) is 15.1. The van der Waals surface area contributed by atoms with Gasteiger partial charge in [-0.25, -0.2) is 4.79 Å². The van der Waals surface area contributed by atoms with E-state index < -0.39 is 17.0 Å². The molecule has 2 aromatic rings. The average molecular weight is 572 g/mol. The van der Waals surface area contributed by atoms with Crippen LogP contribution < -0.4 is 21.1 Å². The minimum absolute atomic E-state index is 0.0740. The van der Waals surface area contributed by atoms with Crippen LogP contribution in [0.15, 0.2) is 39.9 Å². The molecule has 2 fully saturated rings. The van der Waals surface area contributed by atoms with Crippen LogP contribution in [0.4, 0.5) is 16.2 Å². The van der Waals surface area contributed by atoms with Crippen LogP contribution >= 0.6 is 0 Å². The predicted molar refractivity (Wildman–Crippen MR) is 158 cm³/mol. The summed E-state index contributed by atoms with van der Waals surface area (Å²) in [6, 6.07) is 9.91. The van der Waals surface area contributed by atoms with Crippen molar-refractivity contribution in [2.75, 3.05) is 50.2 Å². The van der Waals surface area contributed by atoms with Crippen LogP contribution in [0.25, 0.3) is 0 Å². The minimum atomic E-state index is -1.41. The van der Waals surface area contributed by atoms with Gasteiger partial charge in [-0.1, -0.05) is 62.4 Å². The van der Waals surface area contributed by atoms with Gasteiger partial charge >= 0.3 is 6.09 Å². The zero-order valence-corrected chi connectivity index (χ0v) is 24.1. The summed E-state index contributed by atoms with van der Waals surface area (Å²) in [6.45, 7) is 2.39. The topological polar surface area (TPSA) is 129 Å². The van der Waals surface area contributed by atoms with E-state index >= 15 is 0 Å². The third-order valence-corrected chi connectivity index (χ3v) is 8.61. The standard InChI is InChI=1S/C31H45N3O7/c1-40-18-9-19-41-30(23-12-6-3-7-13-23)24-14-8-16-33(21-24)27-26(28(35)29(27)36)32-25(15-17-34(39)31(37)38)20-22-10-4-2-5-11-22/h3,6-7,12-13,22,24-25,30,32,39H,2,4-5,8-11,14-21H2,1H3,(H,37,38)/t24?,25-,30?/m1/s1. The smallest absolute Gasteiger partial charge is 0.431 e. The molecule has 0 aromatic heterocycles. The number of nitrogens with one attached hydrogen (secondary N) is 1. The molecule has 0 spiro atoms. The molecule has 2 unspecified atom stereocenters. The SMILES string of the molecule is COCCCOC(c1ccccc1)C1CCCN(c2c(N[C@H](CCN(O)C(=O)O)CC3CCCCC3)c(=O)c2=O)C1. The van der Waals surface area contributed by atoms with Crippen molar-refractivity contribution in [3.8, 4) is 0 Å². The van der Waals surface area contributed by atoms with Gasteiger partial charge in [0.05, 0.1) is 12.6 Å². The van der Waals surface area contributed by atoms with Crippen LogP contribution in [0, 0.1) is 11.8 Å². The molecule has 1 heterocycles. The fourth-order valence-corrected chi connectivity index (χ4v) is 6.49. The third-order valence-electron chi connectivity index (χ3n) is 8.61. The van der Waals surface area contributed by atoms with E-state index in [1.54, 1.807) is 7.11 Å². The number of hydroxylamine groups is 2. The molecule has 1 aliphatic heterocycles. The van der Waals surface area contributed by atoms with Crippen molar-refractivity contribution in [1.29, 1.82) is 0 Å². The van der Waals surface area contributed by atoms with E-state index in [9.17, 15) is 19.6 Å². The lowest BCUT2D eigenvalue weighted by Gasteiger charge is -2.39. The number of hydrogen-bond acceptors (Lipinski definition) is 8. The molecule has 41 heavy (non-hydrogen) atoms. The lowest BCUT2D eigenvalue weighted by Crippen LogP contribution is -2.48. The highest BCUT2D eigenvalue weighted by molar-refractivity contribution is 5.75. The minimum Gasteiger partial charge on any atom is -0.463 e. The van der Waals surface area contributed by atoms with Crippen molar-refractivity contribution < 1.29 is 24.6 Å². The molecule has 1 saturated carbocycles. The van der Waals surface area contributed by atoms with E-state index in [-0.39, 0.29) is 29.7 Å². The van der Waals surface area contributed by atoms with Crippen molar-refractivity contribution in [3.05, 3.63) is 56.3 Å².